The summed E-state index contributed by atoms with van der Waals surface area (Å²) in [4.78, 5) is 46.2. The summed E-state index contributed by atoms with van der Waals surface area (Å²) in [5.74, 6) is -0.517. The molecule has 1 aromatic carbocycles. The van der Waals surface area contributed by atoms with Crippen molar-refractivity contribution in [1.82, 2.24) is 9.97 Å². The molecule has 0 bridgehead atoms. The Bertz CT molecular complexity index is 1180. The number of esters is 1. The summed E-state index contributed by atoms with van der Waals surface area (Å²) in [6, 6.07) is 6.53. The molecule has 2 heterocycles. The van der Waals surface area contributed by atoms with Crippen molar-refractivity contribution in [2.24, 2.45) is 0 Å². The van der Waals surface area contributed by atoms with Crippen LogP contribution in [0.2, 0.25) is 0 Å². The fraction of sp³-hybridized carbons (Fsp3) is 0.364. The molecule has 1 amide bonds. The predicted octanol–water partition coefficient (Wildman–Crippen LogP) is 4.16. The van der Waals surface area contributed by atoms with Crippen LogP contribution in [0.4, 0.5) is 5.69 Å². The quantitative estimate of drug-likeness (QED) is 0.327. The Hall–Kier alpha value is -2.65. The number of hydrogen-bond acceptors (Lipinski definition) is 7. The van der Waals surface area contributed by atoms with E-state index in [-0.39, 0.29) is 23.3 Å². The molecule has 9 heteroatoms. The number of carbonyl (C=O) groups is 2. The summed E-state index contributed by atoms with van der Waals surface area (Å²) in [5.41, 5.74) is 2.02. The van der Waals surface area contributed by atoms with E-state index in [0.29, 0.717) is 21.8 Å². The smallest absolute Gasteiger partial charge is 0.338 e. The zero-order valence-corrected chi connectivity index (χ0v) is 19.0. The number of nitrogens with one attached hydrogen (secondary N) is 2. The highest BCUT2D eigenvalue weighted by molar-refractivity contribution is 7.99. The van der Waals surface area contributed by atoms with Gasteiger partial charge in [-0.2, -0.15) is 0 Å². The van der Waals surface area contributed by atoms with Gasteiger partial charge in [0.15, 0.2) is 5.16 Å². The van der Waals surface area contributed by atoms with Gasteiger partial charge in [0.05, 0.1) is 22.8 Å². The molecule has 0 atom stereocenters. The third-order valence-corrected chi connectivity index (χ3v) is 6.95. The fourth-order valence-electron chi connectivity index (χ4n) is 3.52. The minimum absolute atomic E-state index is 0.108. The van der Waals surface area contributed by atoms with Crippen molar-refractivity contribution >= 4 is 50.9 Å². The van der Waals surface area contributed by atoms with Crippen molar-refractivity contribution < 1.29 is 14.3 Å². The van der Waals surface area contributed by atoms with Gasteiger partial charge < -0.3 is 15.0 Å². The highest BCUT2D eigenvalue weighted by Gasteiger charge is 2.20. The van der Waals surface area contributed by atoms with Crippen LogP contribution in [0.1, 0.15) is 47.5 Å². The number of thioether (sulfide) groups is 1. The molecule has 0 saturated carbocycles. The summed E-state index contributed by atoms with van der Waals surface area (Å²) < 4.78 is 5.15. The molecule has 0 unspecified atom stereocenters. The molecule has 1 aliphatic rings. The lowest BCUT2D eigenvalue weighted by Gasteiger charge is -2.09. The number of aryl methyl sites for hydroxylation is 2. The SMILES string of the molecule is CC(C)OC(=O)c1ccc(NC(=O)CSc2nc3sc4c(c3c(=O)[nH]2)CCCC4)cc1. The zero-order chi connectivity index (χ0) is 22.0. The lowest BCUT2D eigenvalue weighted by Crippen LogP contribution is -2.16. The van der Waals surface area contributed by atoms with Gasteiger partial charge in [-0.25, -0.2) is 9.78 Å². The first-order chi connectivity index (χ1) is 14.9. The topological polar surface area (TPSA) is 101 Å². The molecule has 2 N–H and O–H groups in total. The number of aromatic nitrogens is 2. The first-order valence-electron chi connectivity index (χ1n) is 10.2. The standard InChI is InChI=1S/C22H23N3O4S2/c1-12(2)29-21(28)13-7-9-14(10-8-13)23-17(26)11-30-22-24-19(27)18-15-5-3-4-6-16(15)31-20(18)25-22/h7-10,12H,3-6,11H2,1-2H3,(H,23,26)(H,24,25,27). The van der Waals surface area contributed by atoms with Gasteiger partial charge in [0.25, 0.3) is 5.56 Å². The molecule has 7 nitrogen and oxygen atoms in total. The van der Waals surface area contributed by atoms with Crippen molar-refractivity contribution in [2.45, 2.75) is 50.8 Å². The van der Waals surface area contributed by atoms with Crippen LogP contribution in [0, 0.1) is 0 Å². The maximum absolute atomic E-state index is 12.6. The lowest BCUT2D eigenvalue weighted by molar-refractivity contribution is -0.113. The summed E-state index contributed by atoms with van der Waals surface area (Å²) in [5, 5.41) is 3.94. The molecule has 4 rings (SSSR count). The van der Waals surface area contributed by atoms with E-state index < -0.39 is 5.97 Å². The van der Waals surface area contributed by atoms with Crippen LogP contribution in [0.25, 0.3) is 10.2 Å². The van der Waals surface area contributed by atoms with Crippen LogP contribution in [0.15, 0.2) is 34.2 Å². The van der Waals surface area contributed by atoms with Gasteiger partial charge in [-0.15, -0.1) is 11.3 Å². The van der Waals surface area contributed by atoms with E-state index >= 15 is 0 Å². The van der Waals surface area contributed by atoms with Crippen molar-refractivity contribution in [1.29, 1.82) is 0 Å². The van der Waals surface area contributed by atoms with Gasteiger partial charge in [-0.3, -0.25) is 9.59 Å². The van der Waals surface area contributed by atoms with Crippen molar-refractivity contribution in [3.05, 3.63) is 50.6 Å². The lowest BCUT2D eigenvalue weighted by atomic mass is 9.97. The van der Waals surface area contributed by atoms with Gasteiger partial charge in [0.1, 0.15) is 4.83 Å². The average molecular weight is 458 g/mol. The van der Waals surface area contributed by atoms with Gasteiger partial charge in [0.2, 0.25) is 5.91 Å². The molecule has 0 radical (unpaired) electrons. The van der Waals surface area contributed by atoms with Crippen molar-refractivity contribution in [3.8, 4) is 0 Å². The second kappa shape index (κ2) is 9.23. The highest BCUT2D eigenvalue weighted by atomic mass is 32.2. The van der Waals surface area contributed by atoms with Crippen LogP contribution in [0.3, 0.4) is 0 Å². The fourth-order valence-corrected chi connectivity index (χ4v) is 5.50. The minimum Gasteiger partial charge on any atom is -0.459 e. The maximum Gasteiger partial charge on any atom is 0.338 e. The van der Waals surface area contributed by atoms with E-state index in [0.717, 1.165) is 36.1 Å². The van der Waals surface area contributed by atoms with Crippen LogP contribution < -0.4 is 10.9 Å². The molecule has 0 fully saturated rings. The number of amides is 1. The molecule has 162 valence electrons. The third-order valence-electron chi connectivity index (χ3n) is 4.89. The van der Waals surface area contributed by atoms with Gasteiger partial charge in [-0.05, 0) is 69.4 Å². The second-order valence-electron chi connectivity index (χ2n) is 7.63. The molecule has 1 aliphatic carbocycles. The number of thiophene rings is 1. The Morgan fingerprint density at radius 2 is 1.97 bits per heavy atom. The van der Waals surface area contributed by atoms with Crippen molar-refractivity contribution in [2.75, 3.05) is 11.1 Å². The molecule has 0 aliphatic heterocycles. The molecule has 3 aromatic rings. The third kappa shape index (κ3) is 4.99. The Morgan fingerprint density at radius 3 is 2.71 bits per heavy atom. The number of carbonyl (C=O) groups excluding carboxylic acids is 2. The first-order valence-corrected chi connectivity index (χ1v) is 12.0. The molecular formula is C22H23N3O4S2. The number of rotatable bonds is 6. The van der Waals surface area contributed by atoms with E-state index in [1.165, 1.54) is 16.6 Å². The maximum atomic E-state index is 12.6. The van der Waals surface area contributed by atoms with Crippen LogP contribution >= 0.6 is 23.1 Å². The largest absolute Gasteiger partial charge is 0.459 e. The number of benzene rings is 1. The number of anilines is 1. The summed E-state index contributed by atoms with van der Waals surface area (Å²) >= 11 is 2.78. The first kappa shape index (κ1) is 21.6. The van der Waals surface area contributed by atoms with Crippen molar-refractivity contribution in [3.63, 3.8) is 0 Å². The van der Waals surface area contributed by atoms with E-state index in [4.69, 9.17) is 4.74 Å². The number of ether oxygens (including phenoxy) is 1. The Morgan fingerprint density at radius 1 is 1.23 bits per heavy atom. The summed E-state index contributed by atoms with van der Waals surface area (Å²) in [6.07, 6.45) is 4.01. The van der Waals surface area contributed by atoms with Gasteiger partial charge >= 0.3 is 5.97 Å². The average Bonchev–Trinajstić information content (AvgIpc) is 3.11. The number of aromatic amines is 1. The predicted molar refractivity (Wildman–Crippen MR) is 123 cm³/mol. The minimum atomic E-state index is -0.399. The molecule has 0 saturated heterocycles. The van der Waals surface area contributed by atoms with Gasteiger partial charge in [0, 0.05) is 10.6 Å². The number of fused-ring (bicyclic) bond motifs is 3. The van der Waals surface area contributed by atoms with E-state index in [9.17, 15) is 14.4 Å². The normalized spacial score (nSPS) is 13.3. The monoisotopic (exact) mass is 457 g/mol. The number of H-pyrrole nitrogens is 1. The van der Waals surface area contributed by atoms with Crippen LogP contribution in [-0.4, -0.2) is 33.7 Å². The Labute approximate surface area is 187 Å². The highest BCUT2D eigenvalue weighted by Crippen LogP contribution is 2.34. The molecular weight excluding hydrogens is 434 g/mol. The summed E-state index contributed by atoms with van der Waals surface area (Å²) in [6.45, 7) is 3.58. The summed E-state index contributed by atoms with van der Waals surface area (Å²) in [7, 11) is 0. The van der Waals surface area contributed by atoms with E-state index in [2.05, 4.69) is 15.3 Å². The van der Waals surface area contributed by atoms with Crippen LogP contribution in [0.5, 0.6) is 0 Å². The molecule has 31 heavy (non-hydrogen) atoms. The number of hydrogen-bond donors (Lipinski definition) is 2. The van der Waals surface area contributed by atoms with Gasteiger partial charge in [-0.1, -0.05) is 11.8 Å². The second-order valence-corrected chi connectivity index (χ2v) is 9.68. The Balaban J connectivity index is 1.38. The number of nitrogens with zero attached hydrogens (tertiary/aromatic N) is 1. The zero-order valence-electron chi connectivity index (χ0n) is 17.3. The van der Waals surface area contributed by atoms with E-state index in [1.54, 1.807) is 49.4 Å². The molecule has 2 aromatic heterocycles. The Kier molecular flexibility index (Phi) is 6.43. The molecule has 0 spiro atoms. The van der Waals surface area contributed by atoms with E-state index in [1.807, 2.05) is 0 Å². The van der Waals surface area contributed by atoms with Crippen LogP contribution in [-0.2, 0) is 22.4 Å².